The number of sulfonamides is 1. The number of carboxylic acids is 1. The summed E-state index contributed by atoms with van der Waals surface area (Å²) in [5.74, 6) is -1.35. The van der Waals surface area contributed by atoms with E-state index in [-0.39, 0.29) is 16.1 Å². The molecule has 0 radical (unpaired) electrons. The van der Waals surface area contributed by atoms with E-state index >= 15 is 0 Å². The number of benzene rings is 2. The lowest BCUT2D eigenvalue weighted by atomic mass is 10.1. The minimum atomic E-state index is -3.79. The highest BCUT2D eigenvalue weighted by atomic mass is 32.2. The zero-order valence-electron chi connectivity index (χ0n) is 12.5. The maximum atomic E-state index is 12.5. The standard InChI is InChI=1S/C16H17NO4S/c1-10-4-7-15(12(3)8-10)22(20,21)17-14-9-13(16(18)19)6-5-11(14)2/h4-9,17H,1-3H3,(H,18,19)/p-1. The molecule has 1 N–H and O–H groups in total. The minimum absolute atomic E-state index is 0.0797. The van der Waals surface area contributed by atoms with E-state index in [9.17, 15) is 18.3 Å². The molecule has 0 aliphatic rings. The van der Waals surface area contributed by atoms with Crippen molar-refractivity contribution < 1.29 is 18.3 Å². The fraction of sp³-hybridized carbons (Fsp3) is 0.188. The number of carbonyl (C=O) groups is 1. The maximum Gasteiger partial charge on any atom is 0.262 e. The summed E-state index contributed by atoms with van der Waals surface area (Å²) >= 11 is 0. The topological polar surface area (TPSA) is 86.3 Å². The second-order valence-corrected chi connectivity index (χ2v) is 6.84. The Morgan fingerprint density at radius 1 is 1.00 bits per heavy atom. The van der Waals surface area contributed by atoms with Crippen LogP contribution in [0.2, 0.25) is 0 Å². The molecule has 116 valence electrons. The zero-order valence-corrected chi connectivity index (χ0v) is 13.3. The molecule has 0 bridgehead atoms. The molecule has 22 heavy (non-hydrogen) atoms. The van der Waals surface area contributed by atoms with Gasteiger partial charge in [0, 0.05) is 0 Å². The minimum Gasteiger partial charge on any atom is -0.545 e. The summed E-state index contributed by atoms with van der Waals surface area (Å²) in [7, 11) is -3.79. The summed E-state index contributed by atoms with van der Waals surface area (Å²) in [5.41, 5.74) is 2.36. The van der Waals surface area contributed by atoms with Gasteiger partial charge in [0.2, 0.25) is 0 Å². The van der Waals surface area contributed by atoms with Crippen molar-refractivity contribution in [3.8, 4) is 0 Å². The summed E-state index contributed by atoms with van der Waals surface area (Å²) in [5, 5.41) is 10.9. The fourth-order valence-electron chi connectivity index (χ4n) is 2.16. The summed E-state index contributed by atoms with van der Waals surface area (Å²) in [4.78, 5) is 11.1. The Hall–Kier alpha value is -2.34. The van der Waals surface area contributed by atoms with E-state index in [2.05, 4.69) is 4.72 Å². The first-order chi connectivity index (χ1) is 10.2. The molecule has 0 aromatic heterocycles. The number of nitrogens with one attached hydrogen (secondary N) is 1. The quantitative estimate of drug-likeness (QED) is 0.931. The van der Waals surface area contributed by atoms with Crippen molar-refractivity contribution in [2.24, 2.45) is 0 Å². The van der Waals surface area contributed by atoms with Crippen molar-refractivity contribution in [1.82, 2.24) is 0 Å². The number of aryl methyl sites for hydroxylation is 3. The lowest BCUT2D eigenvalue weighted by Gasteiger charge is -2.14. The van der Waals surface area contributed by atoms with E-state index < -0.39 is 16.0 Å². The Morgan fingerprint density at radius 2 is 1.68 bits per heavy atom. The molecule has 0 heterocycles. The summed E-state index contributed by atoms with van der Waals surface area (Å²) in [6.07, 6.45) is 0. The van der Waals surface area contributed by atoms with Crippen molar-refractivity contribution in [2.75, 3.05) is 4.72 Å². The Kier molecular flexibility index (Phi) is 4.23. The van der Waals surface area contributed by atoms with E-state index in [1.54, 1.807) is 26.0 Å². The highest BCUT2D eigenvalue weighted by Crippen LogP contribution is 2.23. The largest absolute Gasteiger partial charge is 0.545 e. The van der Waals surface area contributed by atoms with Crippen LogP contribution in [0.1, 0.15) is 27.0 Å². The van der Waals surface area contributed by atoms with E-state index in [0.29, 0.717) is 11.1 Å². The first-order valence-electron chi connectivity index (χ1n) is 6.63. The van der Waals surface area contributed by atoms with E-state index in [4.69, 9.17) is 0 Å². The van der Waals surface area contributed by atoms with Gasteiger partial charge in [0.1, 0.15) is 0 Å². The van der Waals surface area contributed by atoms with Gasteiger partial charge in [-0.15, -0.1) is 0 Å². The van der Waals surface area contributed by atoms with E-state index in [1.807, 2.05) is 6.92 Å². The van der Waals surface area contributed by atoms with Gasteiger partial charge >= 0.3 is 0 Å². The number of hydrogen-bond donors (Lipinski definition) is 1. The normalized spacial score (nSPS) is 11.2. The summed E-state index contributed by atoms with van der Waals surface area (Å²) in [6, 6.07) is 9.19. The van der Waals surface area contributed by atoms with Crippen molar-refractivity contribution >= 4 is 21.7 Å². The number of hydrogen-bond acceptors (Lipinski definition) is 4. The third-order valence-electron chi connectivity index (χ3n) is 3.34. The van der Waals surface area contributed by atoms with Crippen LogP contribution in [0, 0.1) is 20.8 Å². The van der Waals surface area contributed by atoms with Gasteiger partial charge in [0.15, 0.2) is 0 Å². The number of rotatable bonds is 4. The molecule has 0 unspecified atom stereocenters. The molecule has 6 heteroatoms. The molecule has 2 aromatic carbocycles. The average Bonchev–Trinajstić information content (AvgIpc) is 2.40. The molecule has 0 fully saturated rings. The molecule has 0 saturated heterocycles. The van der Waals surface area contributed by atoms with Gasteiger partial charge in [-0.2, -0.15) is 0 Å². The Morgan fingerprint density at radius 3 is 2.27 bits per heavy atom. The second-order valence-electron chi connectivity index (χ2n) is 5.19. The van der Waals surface area contributed by atoms with E-state index in [0.717, 1.165) is 5.56 Å². The second kappa shape index (κ2) is 5.81. The van der Waals surface area contributed by atoms with Gasteiger partial charge < -0.3 is 9.90 Å². The van der Waals surface area contributed by atoms with Crippen molar-refractivity contribution in [3.05, 3.63) is 58.7 Å². The van der Waals surface area contributed by atoms with Crippen molar-refractivity contribution in [2.45, 2.75) is 25.7 Å². The van der Waals surface area contributed by atoms with Crippen LogP contribution in [0.15, 0.2) is 41.3 Å². The molecule has 0 atom stereocenters. The predicted octanol–water partition coefficient (Wildman–Crippen LogP) is 1.78. The molecular formula is C16H16NO4S-. The van der Waals surface area contributed by atoms with Crippen LogP contribution in [-0.2, 0) is 10.0 Å². The Labute approximate surface area is 129 Å². The lowest BCUT2D eigenvalue weighted by molar-refractivity contribution is -0.255. The van der Waals surface area contributed by atoms with Crippen LogP contribution >= 0.6 is 0 Å². The molecular weight excluding hydrogens is 302 g/mol. The number of aromatic carboxylic acids is 1. The fourth-order valence-corrected chi connectivity index (χ4v) is 3.51. The van der Waals surface area contributed by atoms with Crippen LogP contribution in [-0.4, -0.2) is 14.4 Å². The van der Waals surface area contributed by atoms with Gasteiger partial charge in [0.25, 0.3) is 10.0 Å². The predicted molar refractivity (Wildman–Crippen MR) is 82.2 cm³/mol. The van der Waals surface area contributed by atoms with Gasteiger partial charge in [-0.25, -0.2) is 8.42 Å². The smallest absolute Gasteiger partial charge is 0.262 e. The van der Waals surface area contributed by atoms with Gasteiger partial charge in [-0.05, 0) is 49.6 Å². The molecule has 0 amide bonds. The van der Waals surface area contributed by atoms with E-state index in [1.165, 1.54) is 24.3 Å². The van der Waals surface area contributed by atoms with Gasteiger partial charge in [-0.1, -0.05) is 29.8 Å². The molecule has 5 nitrogen and oxygen atoms in total. The van der Waals surface area contributed by atoms with Crippen LogP contribution < -0.4 is 9.83 Å². The monoisotopic (exact) mass is 318 g/mol. The Balaban J connectivity index is 2.45. The van der Waals surface area contributed by atoms with Crippen LogP contribution in [0.4, 0.5) is 5.69 Å². The first kappa shape index (κ1) is 16.0. The Bertz CT molecular complexity index is 841. The molecule has 2 aromatic rings. The molecule has 2 rings (SSSR count). The molecule has 0 aliphatic heterocycles. The molecule has 0 saturated carbocycles. The molecule has 0 spiro atoms. The maximum absolute atomic E-state index is 12.5. The van der Waals surface area contributed by atoms with Crippen LogP contribution in [0.5, 0.6) is 0 Å². The summed E-state index contributed by atoms with van der Waals surface area (Å²) < 4.78 is 27.4. The third kappa shape index (κ3) is 3.28. The van der Waals surface area contributed by atoms with Crippen molar-refractivity contribution in [3.63, 3.8) is 0 Å². The van der Waals surface area contributed by atoms with Gasteiger partial charge in [0.05, 0.1) is 16.6 Å². The SMILES string of the molecule is Cc1ccc(S(=O)(=O)Nc2cc(C(=O)[O-])ccc2C)c(C)c1. The highest BCUT2D eigenvalue weighted by Gasteiger charge is 2.18. The van der Waals surface area contributed by atoms with Crippen LogP contribution in [0.25, 0.3) is 0 Å². The third-order valence-corrected chi connectivity index (χ3v) is 4.86. The average molecular weight is 318 g/mol. The number of carboxylic acid groups (broad SMARTS) is 1. The first-order valence-corrected chi connectivity index (χ1v) is 8.11. The number of carbonyl (C=O) groups excluding carboxylic acids is 1. The number of anilines is 1. The van der Waals surface area contributed by atoms with Gasteiger partial charge in [-0.3, -0.25) is 4.72 Å². The van der Waals surface area contributed by atoms with Crippen molar-refractivity contribution in [1.29, 1.82) is 0 Å². The zero-order chi connectivity index (χ0) is 16.5. The van der Waals surface area contributed by atoms with Crippen LogP contribution in [0.3, 0.4) is 0 Å². The lowest BCUT2D eigenvalue weighted by Crippen LogP contribution is -2.23. The molecule has 0 aliphatic carbocycles. The summed E-state index contributed by atoms with van der Waals surface area (Å²) in [6.45, 7) is 5.29. The highest BCUT2D eigenvalue weighted by molar-refractivity contribution is 7.92.